The van der Waals surface area contributed by atoms with Gasteiger partial charge in [0.25, 0.3) is 0 Å². The van der Waals surface area contributed by atoms with Crippen LogP contribution in [0.25, 0.3) is 49.7 Å². The van der Waals surface area contributed by atoms with Crippen LogP contribution in [-0.4, -0.2) is 43.2 Å². The Hall–Kier alpha value is -3.43. The van der Waals surface area contributed by atoms with E-state index in [4.69, 9.17) is 4.98 Å². The summed E-state index contributed by atoms with van der Waals surface area (Å²) in [4.78, 5) is 17.8. The molecule has 0 unspecified atom stereocenters. The normalized spacial score (nSPS) is 14.5. The number of aromatic amines is 2. The minimum atomic E-state index is -0.227. The SMILES string of the molecule is Fc1ccc(-c2ccnc3[nH]c(-c4n[nH]c5ncc(C6=CCNCC6)cc45)nc23)s1. The fourth-order valence-electron chi connectivity index (χ4n) is 3.82. The van der Waals surface area contributed by atoms with Crippen molar-refractivity contribution in [2.24, 2.45) is 0 Å². The standard InChI is InChI=1S/C21H16FN7S/c22-16-2-1-15(30-16)13-5-8-24-20-17(13)26-21(27-20)18-14-9-12(10-25-19(14)29-28-18)11-3-6-23-7-4-11/h1-3,5,8-10,23H,4,6-7H2,(H,24,26,27)(H,25,28,29). The average molecular weight is 417 g/mol. The van der Waals surface area contributed by atoms with Crippen LogP contribution in [0.4, 0.5) is 4.39 Å². The van der Waals surface area contributed by atoms with Gasteiger partial charge in [-0.05, 0) is 48.4 Å². The van der Waals surface area contributed by atoms with Crippen LogP contribution in [0.5, 0.6) is 0 Å². The zero-order valence-electron chi connectivity index (χ0n) is 15.7. The Morgan fingerprint density at radius 1 is 1.10 bits per heavy atom. The van der Waals surface area contributed by atoms with Crippen molar-refractivity contribution >= 4 is 39.1 Å². The molecule has 30 heavy (non-hydrogen) atoms. The van der Waals surface area contributed by atoms with Crippen molar-refractivity contribution < 1.29 is 4.39 Å². The van der Waals surface area contributed by atoms with E-state index in [0.29, 0.717) is 28.3 Å². The fourth-order valence-corrected chi connectivity index (χ4v) is 4.58. The van der Waals surface area contributed by atoms with Crippen LogP contribution >= 0.6 is 11.3 Å². The maximum atomic E-state index is 13.6. The summed E-state index contributed by atoms with van der Waals surface area (Å²) in [5, 5.41) is 11.4. The molecule has 0 saturated carbocycles. The van der Waals surface area contributed by atoms with Gasteiger partial charge in [-0.25, -0.2) is 15.0 Å². The lowest BCUT2D eigenvalue weighted by atomic mass is 10.0. The third kappa shape index (κ3) is 2.82. The van der Waals surface area contributed by atoms with Gasteiger partial charge >= 0.3 is 0 Å². The van der Waals surface area contributed by atoms with Gasteiger partial charge < -0.3 is 10.3 Å². The summed E-state index contributed by atoms with van der Waals surface area (Å²) in [6.07, 6.45) is 6.74. The highest BCUT2D eigenvalue weighted by molar-refractivity contribution is 7.14. The van der Waals surface area contributed by atoms with Gasteiger partial charge in [0.15, 0.2) is 22.2 Å². The third-order valence-corrected chi connectivity index (χ3v) is 6.21. The number of nitrogens with one attached hydrogen (secondary N) is 3. The Bertz CT molecular complexity index is 1430. The second-order valence-corrected chi connectivity index (χ2v) is 8.15. The van der Waals surface area contributed by atoms with Gasteiger partial charge in [-0.15, -0.1) is 11.3 Å². The van der Waals surface area contributed by atoms with Gasteiger partial charge in [-0.2, -0.15) is 9.49 Å². The summed E-state index contributed by atoms with van der Waals surface area (Å²) in [7, 11) is 0. The van der Waals surface area contributed by atoms with Crippen LogP contribution in [0.3, 0.4) is 0 Å². The summed E-state index contributed by atoms with van der Waals surface area (Å²) >= 11 is 1.09. The van der Waals surface area contributed by atoms with Gasteiger partial charge in [0.05, 0.1) is 5.39 Å². The molecule has 6 rings (SSSR count). The number of halogens is 1. The van der Waals surface area contributed by atoms with Gasteiger partial charge in [-0.1, -0.05) is 6.08 Å². The molecule has 0 radical (unpaired) electrons. The molecule has 0 saturated heterocycles. The van der Waals surface area contributed by atoms with Crippen LogP contribution in [0.1, 0.15) is 12.0 Å². The molecule has 0 fully saturated rings. The zero-order valence-corrected chi connectivity index (χ0v) is 16.6. The molecule has 0 bridgehead atoms. The van der Waals surface area contributed by atoms with E-state index < -0.39 is 0 Å². The van der Waals surface area contributed by atoms with Crippen molar-refractivity contribution in [2.45, 2.75) is 6.42 Å². The van der Waals surface area contributed by atoms with Crippen molar-refractivity contribution in [3.05, 3.63) is 53.4 Å². The van der Waals surface area contributed by atoms with Crippen molar-refractivity contribution in [3.8, 4) is 22.0 Å². The summed E-state index contributed by atoms with van der Waals surface area (Å²) in [5.74, 6) is 0.603. The molecule has 148 valence electrons. The van der Waals surface area contributed by atoms with Crippen LogP contribution in [0.2, 0.25) is 0 Å². The largest absolute Gasteiger partial charge is 0.321 e. The monoisotopic (exact) mass is 417 g/mol. The minimum Gasteiger partial charge on any atom is -0.321 e. The number of hydrogen-bond acceptors (Lipinski definition) is 6. The van der Waals surface area contributed by atoms with Crippen molar-refractivity contribution in [2.75, 3.05) is 13.1 Å². The highest BCUT2D eigenvalue weighted by Crippen LogP contribution is 2.34. The molecule has 0 aliphatic carbocycles. The average Bonchev–Trinajstić information content (AvgIpc) is 3.51. The van der Waals surface area contributed by atoms with E-state index >= 15 is 0 Å². The number of hydrogen-bond donors (Lipinski definition) is 3. The maximum absolute atomic E-state index is 13.6. The van der Waals surface area contributed by atoms with E-state index in [-0.39, 0.29) is 5.13 Å². The van der Waals surface area contributed by atoms with Crippen LogP contribution < -0.4 is 5.32 Å². The number of thiophene rings is 1. The number of fused-ring (bicyclic) bond motifs is 2. The van der Waals surface area contributed by atoms with E-state index in [1.807, 2.05) is 12.3 Å². The van der Waals surface area contributed by atoms with E-state index in [0.717, 1.165) is 52.2 Å². The molecule has 6 heterocycles. The first kappa shape index (κ1) is 17.4. The number of pyridine rings is 2. The van der Waals surface area contributed by atoms with Crippen molar-refractivity contribution in [1.82, 2.24) is 35.5 Å². The summed E-state index contributed by atoms with van der Waals surface area (Å²) in [6, 6.07) is 7.18. The second kappa shape index (κ2) is 6.82. The molecular formula is C21H16FN7S. The lowest BCUT2D eigenvalue weighted by molar-refractivity contribution is 0.657. The Balaban J connectivity index is 1.49. The Morgan fingerprint density at radius 3 is 2.90 bits per heavy atom. The summed E-state index contributed by atoms with van der Waals surface area (Å²) in [6.45, 7) is 1.83. The molecule has 0 spiro atoms. The lowest BCUT2D eigenvalue weighted by Crippen LogP contribution is -2.20. The number of aromatic nitrogens is 6. The first-order valence-corrected chi connectivity index (χ1v) is 10.4. The Kier molecular flexibility index (Phi) is 3.96. The predicted molar refractivity (Wildman–Crippen MR) is 116 cm³/mol. The maximum Gasteiger partial charge on any atom is 0.176 e. The fraction of sp³-hybridized carbons (Fsp3) is 0.143. The smallest absolute Gasteiger partial charge is 0.176 e. The lowest BCUT2D eigenvalue weighted by Gasteiger charge is -2.13. The number of imidazole rings is 1. The van der Waals surface area contributed by atoms with E-state index in [9.17, 15) is 4.39 Å². The second-order valence-electron chi connectivity index (χ2n) is 7.12. The molecule has 1 aliphatic rings. The van der Waals surface area contributed by atoms with E-state index in [2.05, 4.69) is 42.6 Å². The first-order valence-electron chi connectivity index (χ1n) is 9.61. The topological polar surface area (TPSA) is 95.2 Å². The molecule has 1 aliphatic heterocycles. The molecule has 0 amide bonds. The highest BCUT2D eigenvalue weighted by Gasteiger charge is 2.18. The molecule has 0 atom stereocenters. The molecule has 9 heteroatoms. The quantitative estimate of drug-likeness (QED) is 0.410. The molecule has 5 aromatic heterocycles. The van der Waals surface area contributed by atoms with Crippen molar-refractivity contribution in [3.63, 3.8) is 0 Å². The zero-order chi connectivity index (χ0) is 20.1. The van der Waals surface area contributed by atoms with Crippen LogP contribution in [0.15, 0.2) is 42.7 Å². The molecule has 5 aromatic rings. The predicted octanol–water partition coefficient (Wildman–Crippen LogP) is 4.14. The highest BCUT2D eigenvalue weighted by atomic mass is 32.1. The van der Waals surface area contributed by atoms with Gasteiger partial charge in [-0.3, -0.25) is 5.10 Å². The third-order valence-electron chi connectivity index (χ3n) is 5.30. The number of rotatable bonds is 3. The molecule has 0 aromatic carbocycles. The van der Waals surface area contributed by atoms with E-state index in [1.165, 1.54) is 11.6 Å². The molecule has 3 N–H and O–H groups in total. The Morgan fingerprint density at radius 2 is 2.07 bits per heavy atom. The van der Waals surface area contributed by atoms with Crippen LogP contribution in [0, 0.1) is 5.13 Å². The summed E-state index contributed by atoms with van der Waals surface area (Å²) < 4.78 is 13.6. The van der Waals surface area contributed by atoms with E-state index in [1.54, 1.807) is 12.3 Å². The first-order chi connectivity index (χ1) is 14.8. The van der Waals surface area contributed by atoms with Crippen LogP contribution in [-0.2, 0) is 0 Å². The molecular weight excluding hydrogens is 401 g/mol. The summed E-state index contributed by atoms with van der Waals surface area (Å²) in [5.41, 5.74) is 5.94. The number of nitrogens with zero attached hydrogens (tertiary/aromatic N) is 4. The molecule has 7 nitrogen and oxygen atoms in total. The van der Waals surface area contributed by atoms with Gasteiger partial charge in [0, 0.05) is 29.4 Å². The van der Waals surface area contributed by atoms with Gasteiger partial charge in [0.1, 0.15) is 11.2 Å². The number of H-pyrrole nitrogens is 2. The minimum absolute atomic E-state index is 0.227. The van der Waals surface area contributed by atoms with Crippen molar-refractivity contribution in [1.29, 1.82) is 0 Å². The van der Waals surface area contributed by atoms with Gasteiger partial charge in [0.2, 0.25) is 0 Å². The Labute approximate surface area is 174 Å².